The number of fused-ring (bicyclic) bond motifs is 2. The van der Waals surface area contributed by atoms with Crippen LogP contribution in [0.1, 0.15) is 38.2 Å². The zero-order chi connectivity index (χ0) is 17.6. The number of ether oxygens (including phenoxy) is 1. The van der Waals surface area contributed by atoms with Gasteiger partial charge in [0.2, 0.25) is 0 Å². The van der Waals surface area contributed by atoms with Crippen LogP contribution in [0.2, 0.25) is 0 Å². The highest BCUT2D eigenvalue weighted by atomic mass is 19.1. The smallest absolute Gasteiger partial charge is 0.127 e. The normalized spacial score (nSPS) is 24.8. The maximum atomic E-state index is 13.7. The summed E-state index contributed by atoms with van der Waals surface area (Å²) in [6.45, 7) is 4.86. The highest BCUT2D eigenvalue weighted by Gasteiger charge is 2.32. The fourth-order valence-electron chi connectivity index (χ4n) is 3.73. The van der Waals surface area contributed by atoms with Gasteiger partial charge in [-0.15, -0.1) is 0 Å². The van der Waals surface area contributed by atoms with E-state index in [1.54, 1.807) is 0 Å². The number of nitrogens with zero attached hydrogens (tertiary/aromatic N) is 1. The third-order valence-electron chi connectivity index (χ3n) is 4.86. The van der Waals surface area contributed by atoms with Gasteiger partial charge in [-0.2, -0.15) is 0 Å². The predicted molar refractivity (Wildman–Crippen MR) is 98.2 cm³/mol. The highest BCUT2D eigenvalue weighted by molar-refractivity contribution is 5.51. The van der Waals surface area contributed by atoms with Crippen LogP contribution in [0.25, 0.3) is 6.08 Å². The molecule has 138 valence electrons. The molecule has 2 aliphatic heterocycles. The molecule has 4 nitrogen and oxygen atoms in total. The summed E-state index contributed by atoms with van der Waals surface area (Å²) in [6.07, 6.45) is 7.86. The summed E-state index contributed by atoms with van der Waals surface area (Å²) in [5.74, 6) is 0.150. The van der Waals surface area contributed by atoms with E-state index in [2.05, 4.69) is 17.1 Å². The van der Waals surface area contributed by atoms with E-state index in [1.165, 1.54) is 25.0 Å². The summed E-state index contributed by atoms with van der Waals surface area (Å²) in [5, 5.41) is 13.9. The van der Waals surface area contributed by atoms with Crippen LogP contribution in [-0.4, -0.2) is 54.4 Å². The number of aliphatic hydroxyl groups is 1. The molecule has 0 amide bonds. The average Bonchev–Trinajstić information content (AvgIpc) is 2.91. The van der Waals surface area contributed by atoms with Crippen molar-refractivity contribution in [2.24, 2.45) is 0 Å². The lowest BCUT2D eigenvalue weighted by atomic mass is 10.1. The Balaban J connectivity index is 1.48. The van der Waals surface area contributed by atoms with Crippen LogP contribution in [-0.2, 0) is 0 Å². The summed E-state index contributed by atoms with van der Waals surface area (Å²) >= 11 is 0. The van der Waals surface area contributed by atoms with Crippen molar-refractivity contribution in [2.45, 2.75) is 50.8 Å². The number of benzene rings is 1. The van der Waals surface area contributed by atoms with Gasteiger partial charge in [-0.3, -0.25) is 4.90 Å². The average molecular weight is 348 g/mol. The molecule has 2 aliphatic rings. The van der Waals surface area contributed by atoms with Gasteiger partial charge in [0.25, 0.3) is 0 Å². The number of rotatable bonds is 8. The van der Waals surface area contributed by atoms with Crippen molar-refractivity contribution in [1.29, 1.82) is 0 Å². The lowest BCUT2D eigenvalue weighted by Crippen LogP contribution is -2.53. The van der Waals surface area contributed by atoms with Gasteiger partial charge in [0.1, 0.15) is 24.3 Å². The van der Waals surface area contributed by atoms with Gasteiger partial charge < -0.3 is 15.2 Å². The second-order valence-electron chi connectivity index (χ2n) is 7.23. The Kier molecular flexibility index (Phi) is 6.45. The number of likely N-dealkylation sites (tertiary alicyclic amines) is 1. The van der Waals surface area contributed by atoms with Gasteiger partial charge in [-0.25, -0.2) is 4.39 Å². The lowest BCUT2D eigenvalue weighted by Gasteiger charge is -2.33. The first kappa shape index (κ1) is 18.4. The molecular weight excluding hydrogens is 319 g/mol. The molecule has 2 N–H and O–H groups in total. The van der Waals surface area contributed by atoms with Crippen LogP contribution in [0.5, 0.6) is 5.75 Å². The quantitative estimate of drug-likeness (QED) is 0.758. The second-order valence-corrected chi connectivity index (χ2v) is 7.23. The Morgan fingerprint density at radius 3 is 2.80 bits per heavy atom. The van der Waals surface area contributed by atoms with Crippen molar-refractivity contribution in [3.8, 4) is 5.75 Å². The molecule has 1 aromatic rings. The Bertz CT molecular complexity index is 581. The standard InChI is InChI=1S/C20H29FN2O2/c1-2-3-4-5-15-8-16(21)10-20(9-15)25-14-19(24)13-23-11-17-6-7-18(12-23)22-17/h4-5,8-10,17-19,22,24H,2-3,6-7,11-14H2,1H3/b5-4+/t17-,18+,19?. The topological polar surface area (TPSA) is 44.7 Å². The fraction of sp³-hybridized carbons (Fsp3) is 0.600. The molecule has 0 spiro atoms. The number of allylic oxidation sites excluding steroid dienone is 1. The molecule has 1 aromatic carbocycles. The van der Waals surface area contributed by atoms with Crippen LogP contribution in [0.3, 0.4) is 0 Å². The zero-order valence-corrected chi connectivity index (χ0v) is 15.0. The van der Waals surface area contributed by atoms with E-state index in [4.69, 9.17) is 4.74 Å². The van der Waals surface area contributed by atoms with E-state index < -0.39 is 6.10 Å². The van der Waals surface area contributed by atoms with Crippen molar-refractivity contribution in [1.82, 2.24) is 10.2 Å². The number of hydrogen-bond acceptors (Lipinski definition) is 4. The molecule has 2 saturated heterocycles. The number of hydrogen-bond donors (Lipinski definition) is 2. The van der Waals surface area contributed by atoms with E-state index in [0.717, 1.165) is 31.5 Å². The molecule has 2 heterocycles. The minimum absolute atomic E-state index is 0.181. The Morgan fingerprint density at radius 2 is 2.08 bits per heavy atom. The first-order chi connectivity index (χ1) is 12.1. The SMILES string of the molecule is CCC/C=C/c1cc(F)cc(OCC(O)CN2C[C@H]3CC[C@@H](C2)N3)c1. The maximum absolute atomic E-state index is 13.7. The molecule has 0 radical (unpaired) electrons. The summed E-state index contributed by atoms with van der Waals surface area (Å²) in [6, 6.07) is 5.80. The van der Waals surface area contributed by atoms with Gasteiger partial charge in [0.05, 0.1) is 0 Å². The second kappa shape index (κ2) is 8.79. The minimum atomic E-state index is -0.570. The van der Waals surface area contributed by atoms with Crippen LogP contribution in [0.4, 0.5) is 4.39 Å². The molecule has 0 saturated carbocycles. The summed E-state index contributed by atoms with van der Waals surface area (Å²) in [7, 11) is 0. The first-order valence-electron chi connectivity index (χ1n) is 9.38. The largest absolute Gasteiger partial charge is 0.491 e. The Hall–Kier alpha value is -1.43. The maximum Gasteiger partial charge on any atom is 0.127 e. The number of halogens is 1. The molecule has 0 aliphatic carbocycles. The van der Waals surface area contributed by atoms with E-state index in [1.807, 2.05) is 18.2 Å². The van der Waals surface area contributed by atoms with Crippen LogP contribution < -0.4 is 10.1 Å². The van der Waals surface area contributed by atoms with Crippen LogP contribution in [0, 0.1) is 5.82 Å². The monoisotopic (exact) mass is 348 g/mol. The third kappa shape index (κ3) is 5.53. The van der Waals surface area contributed by atoms with E-state index in [-0.39, 0.29) is 12.4 Å². The predicted octanol–water partition coefficient (Wildman–Crippen LogP) is 2.81. The molecule has 3 rings (SSSR count). The molecule has 3 atom stereocenters. The lowest BCUT2D eigenvalue weighted by molar-refractivity contribution is 0.0566. The molecule has 0 aromatic heterocycles. The van der Waals surface area contributed by atoms with Crippen molar-refractivity contribution >= 4 is 6.08 Å². The molecule has 5 heteroatoms. The molecule has 2 fully saturated rings. The minimum Gasteiger partial charge on any atom is -0.491 e. The summed E-state index contributed by atoms with van der Waals surface area (Å²) in [4.78, 5) is 2.30. The number of nitrogens with one attached hydrogen (secondary N) is 1. The van der Waals surface area contributed by atoms with Crippen LogP contribution >= 0.6 is 0 Å². The zero-order valence-electron chi connectivity index (χ0n) is 15.0. The molecular formula is C20H29FN2O2. The van der Waals surface area contributed by atoms with Gasteiger partial charge >= 0.3 is 0 Å². The summed E-state index contributed by atoms with van der Waals surface area (Å²) < 4.78 is 19.4. The highest BCUT2D eigenvalue weighted by Crippen LogP contribution is 2.21. The van der Waals surface area contributed by atoms with Crippen molar-refractivity contribution in [3.63, 3.8) is 0 Å². The molecule has 25 heavy (non-hydrogen) atoms. The number of piperazine rings is 1. The Morgan fingerprint density at radius 1 is 1.32 bits per heavy atom. The third-order valence-corrected chi connectivity index (χ3v) is 4.86. The number of β-amino-alcohol motifs (C(OH)–C–C–N with tert-alkyl or cyclic N) is 1. The summed E-state index contributed by atoms with van der Waals surface area (Å²) in [5.41, 5.74) is 0.789. The van der Waals surface area contributed by atoms with E-state index in [0.29, 0.717) is 24.4 Å². The Labute approximate surface area is 149 Å². The van der Waals surface area contributed by atoms with Crippen molar-refractivity contribution in [3.05, 3.63) is 35.7 Å². The van der Waals surface area contributed by atoms with Gasteiger partial charge in [0, 0.05) is 37.8 Å². The molecule has 2 bridgehead atoms. The van der Waals surface area contributed by atoms with Gasteiger partial charge in [-0.05, 0) is 37.0 Å². The fourth-order valence-corrected chi connectivity index (χ4v) is 3.73. The number of unbranched alkanes of at least 4 members (excludes halogenated alkanes) is 1. The van der Waals surface area contributed by atoms with Crippen molar-refractivity contribution < 1.29 is 14.2 Å². The van der Waals surface area contributed by atoms with Crippen LogP contribution in [0.15, 0.2) is 24.3 Å². The van der Waals surface area contributed by atoms with E-state index >= 15 is 0 Å². The van der Waals surface area contributed by atoms with Gasteiger partial charge in [0.15, 0.2) is 0 Å². The van der Waals surface area contributed by atoms with Gasteiger partial charge in [-0.1, -0.05) is 25.5 Å². The first-order valence-corrected chi connectivity index (χ1v) is 9.38. The number of aliphatic hydroxyl groups excluding tert-OH is 1. The molecule has 1 unspecified atom stereocenters. The van der Waals surface area contributed by atoms with E-state index in [9.17, 15) is 9.50 Å². The van der Waals surface area contributed by atoms with Crippen molar-refractivity contribution in [2.75, 3.05) is 26.2 Å².